The van der Waals surface area contributed by atoms with E-state index in [0.29, 0.717) is 18.8 Å². The Morgan fingerprint density at radius 2 is 1.83 bits per heavy atom. The van der Waals surface area contributed by atoms with Crippen molar-refractivity contribution in [1.82, 2.24) is 9.62 Å². The Kier molecular flexibility index (Phi) is 7.29. The number of amides is 2. The predicted octanol–water partition coefficient (Wildman–Crippen LogP) is 2.88. The SMILES string of the molecule is CCCCN1CC(C(=O)Nc2ccc(S(=O)(=O)NC3CCCCC3)cc2)CC1=O. The lowest BCUT2D eigenvalue weighted by Crippen LogP contribution is -2.36. The van der Waals surface area contributed by atoms with Crippen LogP contribution in [0.1, 0.15) is 58.3 Å². The van der Waals surface area contributed by atoms with E-state index in [1.54, 1.807) is 17.0 Å². The van der Waals surface area contributed by atoms with Crippen LogP contribution in [-0.4, -0.2) is 44.3 Å². The molecule has 1 saturated carbocycles. The Hall–Kier alpha value is -1.93. The predicted molar refractivity (Wildman–Crippen MR) is 112 cm³/mol. The molecule has 8 heteroatoms. The molecular formula is C21H31N3O4S. The monoisotopic (exact) mass is 421 g/mol. The van der Waals surface area contributed by atoms with E-state index in [4.69, 9.17) is 0 Å². The maximum absolute atomic E-state index is 12.6. The van der Waals surface area contributed by atoms with Crippen LogP contribution in [0, 0.1) is 5.92 Å². The van der Waals surface area contributed by atoms with E-state index in [2.05, 4.69) is 17.0 Å². The lowest BCUT2D eigenvalue weighted by Gasteiger charge is -2.22. The molecule has 1 atom stereocenters. The topological polar surface area (TPSA) is 95.6 Å². The van der Waals surface area contributed by atoms with Gasteiger partial charge < -0.3 is 10.2 Å². The Morgan fingerprint density at radius 1 is 1.14 bits per heavy atom. The van der Waals surface area contributed by atoms with Crippen molar-refractivity contribution in [3.8, 4) is 0 Å². The smallest absolute Gasteiger partial charge is 0.240 e. The van der Waals surface area contributed by atoms with Crippen LogP contribution in [-0.2, 0) is 19.6 Å². The Bertz CT molecular complexity index is 817. The van der Waals surface area contributed by atoms with Gasteiger partial charge in [-0.15, -0.1) is 0 Å². The van der Waals surface area contributed by atoms with Crippen molar-refractivity contribution in [3.63, 3.8) is 0 Å². The largest absolute Gasteiger partial charge is 0.342 e. The van der Waals surface area contributed by atoms with Gasteiger partial charge in [-0.2, -0.15) is 0 Å². The minimum atomic E-state index is -3.56. The number of hydrogen-bond acceptors (Lipinski definition) is 4. The summed E-state index contributed by atoms with van der Waals surface area (Å²) in [6.07, 6.45) is 7.19. The van der Waals surface area contributed by atoms with Crippen LogP contribution in [0.5, 0.6) is 0 Å². The Morgan fingerprint density at radius 3 is 2.48 bits per heavy atom. The highest BCUT2D eigenvalue weighted by atomic mass is 32.2. The first-order valence-corrected chi connectivity index (χ1v) is 12.1. The second kappa shape index (κ2) is 9.71. The van der Waals surface area contributed by atoms with Crippen molar-refractivity contribution in [2.24, 2.45) is 5.92 Å². The number of nitrogens with zero attached hydrogens (tertiary/aromatic N) is 1. The van der Waals surface area contributed by atoms with Crippen LogP contribution >= 0.6 is 0 Å². The zero-order chi connectivity index (χ0) is 20.9. The molecular weight excluding hydrogens is 390 g/mol. The zero-order valence-electron chi connectivity index (χ0n) is 17.0. The van der Waals surface area contributed by atoms with Crippen molar-refractivity contribution in [1.29, 1.82) is 0 Å². The summed E-state index contributed by atoms with van der Waals surface area (Å²) in [6, 6.07) is 6.21. The average molecular weight is 422 g/mol. The van der Waals surface area contributed by atoms with Gasteiger partial charge in [-0.1, -0.05) is 32.6 Å². The molecule has 7 nitrogen and oxygen atoms in total. The number of unbranched alkanes of at least 4 members (excludes halogenated alkanes) is 1. The molecule has 0 radical (unpaired) electrons. The average Bonchev–Trinajstić information content (AvgIpc) is 3.08. The van der Waals surface area contributed by atoms with E-state index < -0.39 is 10.0 Å². The van der Waals surface area contributed by atoms with Crippen LogP contribution < -0.4 is 10.0 Å². The first-order chi connectivity index (χ1) is 13.9. The molecule has 29 heavy (non-hydrogen) atoms. The van der Waals surface area contributed by atoms with Crippen LogP contribution in [0.4, 0.5) is 5.69 Å². The fourth-order valence-electron chi connectivity index (χ4n) is 3.98. The summed E-state index contributed by atoms with van der Waals surface area (Å²) in [6.45, 7) is 3.21. The highest BCUT2D eigenvalue weighted by Crippen LogP contribution is 2.23. The van der Waals surface area contributed by atoms with Crippen LogP contribution in [0.15, 0.2) is 29.2 Å². The molecule has 2 aliphatic rings. The molecule has 3 rings (SSSR count). The van der Waals surface area contributed by atoms with Crippen LogP contribution in [0.25, 0.3) is 0 Å². The summed E-state index contributed by atoms with van der Waals surface area (Å²) in [7, 11) is -3.56. The molecule has 2 N–H and O–H groups in total. The summed E-state index contributed by atoms with van der Waals surface area (Å²) in [5.41, 5.74) is 0.533. The number of likely N-dealkylation sites (tertiary alicyclic amines) is 1. The van der Waals surface area contributed by atoms with E-state index in [1.807, 2.05) is 0 Å². The molecule has 1 aliphatic carbocycles. The molecule has 0 bridgehead atoms. The molecule has 1 aromatic rings. The molecule has 2 amide bonds. The molecule has 1 aromatic carbocycles. The number of sulfonamides is 1. The number of rotatable bonds is 8. The van der Waals surface area contributed by atoms with E-state index in [0.717, 1.165) is 44.9 Å². The quantitative estimate of drug-likeness (QED) is 0.675. The third-order valence-electron chi connectivity index (χ3n) is 5.73. The van der Waals surface area contributed by atoms with Gasteiger partial charge in [0.25, 0.3) is 0 Å². The lowest BCUT2D eigenvalue weighted by atomic mass is 9.96. The van der Waals surface area contributed by atoms with Crippen molar-refractivity contribution >= 4 is 27.5 Å². The first-order valence-electron chi connectivity index (χ1n) is 10.6. The third kappa shape index (κ3) is 5.79. The van der Waals surface area contributed by atoms with Gasteiger partial charge >= 0.3 is 0 Å². The summed E-state index contributed by atoms with van der Waals surface area (Å²) >= 11 is 0. The standard InChI is InChI=1S/C21H31N3O4S/c1-2-3-13-24-15-16(14-20(24)25)21(26)22-17-9-11-19(12-10-17)29(27,28)23-18-7-5-4-6-8-18/h9-12,16,18,23H,2-8,13-15H2,1H3,(H,22,26). The van der Waals surface area contributed by atoms with E-state index in [9.17, 15) is 18.0 Å². The molecule has 1 aliphatic heterocycles. The highest BCUT2D eigenvalue weighted by Gasteiger charge is 2.33. The summed E-state index contributed by atoms with van der Waals surface area (Å²) in [5, 5.41) is 2.81. The van der Waals surface area contributed by atoms with Gasteiger partial charge in [0.1, 0.15) is 0 Å². The van der Waals surface area contributed by atoms with Gasteiger partial charge in [0, 0.05) is 31.2 Å². The zero-order valence-corrected chi connectivity index (χ0v) is 17.8. The first kappa shape index (κ1) is 21.8. The van der Waals surface area contributed by atoms with E-state index in [-0.39, 0.29) is 35.1 Å². The fourth-order valence-corrected chi connectivity index (χ4v) is 5.29. The molecule has 1 heterocycles. The van der Waals surface area contributed by atoms with Crippen molar-refractivity contribution in [3.05, 3.63) is 24.3 Å². The molecule has 1 saturated heterocycles. The van der Waals surface area contributed by atoms with Gasteiger partial charge in [0.2, 0.25) is 21.8 Å². The molecule has 1 unspecified atom stereocenters. The normalized spacial score (nSPS) is 20.8. The minimum Gasteiger partial charge on any atom is -0.342 e. The van der Waals surface area contributed by atoms with Gasteiger partial charge in [0.15, 0.2) is 0 Å². The van der Waals surface area contributed by atoms with E-state index in [1.165, 1.54) is 12.1 Å². The Labute approximate surface area is 173 Å². The molecule has 0 spiro atoms. The fraction of sp³-hybridized carbons (Fsp3) is 0.619. The number of nitrogens with one attached hydrogen (secondary N) is 2. The van der Waals surface area contributed by atoms with Crippen molar-refractivity contribution in [2.45, 2.75) is 69.2 Å². The van der Waals surface area contributed by atoms with Gasteiger partial charge in [0.05, 0.1) is 10.8 Å². The summed E-state index contributed by atoms with van der Waals surface area (Å²) in [5.74, 6) is -0.544. The lowest BCUT2D eigenvalue weighted by molar-refractivity contribution is -0.128. The van der Waals surface area contributed by atoms with Gasteiger partial charge in [-0.05, 0) is 43.5 Å². The molecule has 160 valence electrons. The van der Waals surface area contributed by atoms with Crippen LogP contribution in [0.3, 0.4) is 0 Å². The summed E-state index contributed by atoms with van der Waals surface area (Å²) < 4.78 is 27.9. The number of hydrogen-bond donors (Lipinski definition) is 2. The van der Waals surface area contributed by atoms with Crippen LogP contribution in [0.2, 0.25) is 0 Å². The molecule has 0 aromatic heterocycles. The molecule has 2 fully saturated rings. The number of anilines is 1. The number of benzene rings is 1. The maximum Gasteiger partial charge on any atom is 0.240 e. The van der Waals surface area contributed by atoms with Gasteiger partial charge in [-0.25, -0.2) is 13.1 Å². The van der Waals surface area contributed by atoms with E-state index >= 15 is 0 Å². The van der Waals surface area contributed by atoms with Crippen molar-refractivity contribution < 1.29 is 18.0 Å². The Balaban J connectivity index is 1.56. The van der Waals surface area contributed by atoms with Gasteiger partial charge in [-0.3, -0.25) is 9.59 Å². The number of carbonyl (C=O) groups excluding carboxylic acids is 2. The highest BCUT2D eigenvalue weighted by molar-refractivity contribution is 7.89. The second-order valence-electron chi connectivity index (χ2n) is 8.06. The second-order valence-corrected chi connectivity index (χ2v) is 9.78. The third-order valence-corrected chi connectivity index (χ3v) is 7.26. The minimum absolute atomic E-state index is 0.00341. The maximum atomic E-state index is 12.6. The van der Waals surface area contributed by atoms with Crippen molar-refractivity contribution in [2.75, 3.05) is 18.4 Å². The number of carbonyl (C=O) groups is 2. The summed E-state index contributed by atoms with van der Waals surface area (Å²) in [4.78, 5) is 26.5.